The smallest absolute Gasteiger partial charge is 0.260 e. The van der Waals surface area contributed by atoms with E-state index in [1.54, 1.807) is 25.2 Å². The highest BCUT2D eigenvalue weighted by Crippen LogP contribution is 2.18. The second kappa shape index (κ2) is 8.91. The summed E-state index contributed by atoms with van der Waals surface area (Å²) in [5.74, 6) is 0.347. The minimum Gasteiger partial charge on any atom is -0.489 e. The third-order valence-electron chi connectivity index (χ3n) is 3.65. The van der Waals surface area contributed by atoms with Crippen molar-refractivity contribution in [1.29, 1.82) is 0 Å². The Balaban J connectivity index is 1.77. The lowest BCUT2D eigenvalue weighted by molar-refractivity contribution is -0.132. The van der Waals surface area contributed by atoms with Crippen LogP contribution in [0.2, 0.25) is 0 Å². The van der Waals surface area contributed by atoms with Crippen molar-refractivity contribution in [3.8, 4) is 11.5 Å². The molecule has 0 fully saturated rings. The fourth-order valence-corrected chi connectivity index (χ4v) is 2.17. The van der Waals surface area contributed by atoms with Gasteiger partial charge in [-0.2, -0.15) is 0 Å². The predicted octanol–water partition coefficient (Wildman–Crippen LogP) is 3.30. The third kappa shape index (κ3) is 4.98. The number of para-hydroxylation sites is 2. The molecule has 0 spiro atoms. The Bertz CT molecular complexity index is 675. The van der Waals surface area contributed by atoms with Crippen molar-refractivity contribution in [2.75, 3.05) is 26.8 Å². The van der Waals surface area contributed by atoms with Crippen molar-refractivity contribution in [3.05, 3.63) is 59.9 Å². The molecule has 0 saturated carbocycles. The maximum Gasteiger partial charge on any atom is 0.260 e. The fraction of sp³-hybridized carbons (Fsp3) is 0.316. The summed E-state index contributed by atoms with van der Waals surface area (Å²) >= 11 is 0. The van der Waals surface area contributed by atoms with Gasteiger partial charge in [0.05, 0.1) is 6.54 Å². The molecule has 0 aliphatic carbocycles. The van der Waals surface area contributed by atoms with Crippen LogP contribution in [-0.4, -0.2) is 37.6 Å². The summed E-state index contributed by atoms with van der Waals surface area (Å²) in [4.78, 5) is 13.6. The van der Waals surface area contributed by atoms with E-state index in [0.29, 0.717) is 6.54 Å². The first-order chi connectivity index (χ1) is 11.6. The maximum atomic E-state index is 13.4. The van der Waals surface area contributed by atoms with Crippen molar-refractivity contribution >= 4 is 5.91 Å². The van der Waals surface area contributed by atoms with E-state index in [0.717, 1.165) is 17.7 Å². The Kier molecular flexibility index (Phi) is 6.61. The average molecular weight is 331 g/mol. The number of hydrogen-bond acceptors (Lipinski definition) is 3. The topological polar surface area (TPSA) is 38.8 Å². The van der Waals surface area contributed by atoms with Gasteiger partial charge >= 0.3 is 0 Å². The number of nitrogens with zero attached hydrogens (tertiary/aromatic N) is 1. The summed E-state index contributed by atoms with van der Waals surface area (Å²) in [5, 5.41) is 0. The van der Waals surface area contributed by atoms with E-state index in [9.17, 15) is 9.18 Å². The standard InChI is InChI=1S/C19H22FNO3/c1-3-15-8-4-6-10-17(15)24-14-19(22)21(2)12-13-23-18-11-7-5-9-16(18)20/h4-11H,3,12-14H2,1-2H3. The molecule has 0 heterocycles. The molecule has 2 aromatic carbocycles. The van der Waals surface area contributed by atoms with Crippen molar-refractivity contribution in [1.82, 2.24) is 4.90 Å². The van der Waals surface area contributed by atoms with E-state index in [-0.39, 0.29) is 24.9 Å². The van der Waals surface area contributed by atoms with Crippen molar-refractivity contribution in [2.45, 2.75) is 13.3 Å². The van der Waals surface area contributed by atoms with Crippen LogP contribution in [0.4, 0.5) is 4.39 Å². The monoisotopic (exact) mass is 331 g/mol. The number of amides is 1. The zero-order chi connectivity index (χ0) is 17.4. The molecule has 0 aliphatic heterocycles. The molecule has 2 rings (SSSR count). The number of benzene rings is 2. The summed E-state index contributed by atoms with van der Waals surface area (Å²) < 4.78 is 24.4. The normalized spacial score (nSPS) is 10.3. The average Bonchev–Trinajstić information content (AvgIpc) is 2.61. The van der Waals surface area contributed by atoms with Crippen molar-refractivity contribution < 1.29 is 18.7 Å². The molecule has 128 valence electrons. The lowest BCUT2D eigenvalue weighted by Crippen LogP contribution is -2.34. The van der Waals surface area contributed by atoms with Crippen LogP contribution < -0.4 is 9.47 Å². The Labute approximate surface area is 141 Å². The van der Waals surface area contributed by atoms with Crippen LogP contribution in [0, 0.1) is 5.82 Å². The Morgan fingerprint density at radius 2 is 1.71 bits per heavy atom. The molecule has 0 N–H and O–H groups in total. The molecule has 5 heteroatoms. The number of carbonyl (C=O) groups excluding carboxylic acids is 1. The second-order valence-corrected chi connectivity index (χ2v) is 5.34. The molecule has 0 bridgehead atoms. The molecular weight excluding hydrogens is 309 g/mol. The van der Waals surface area contributed by atoms with E-state index >= 15 is 0 Å². The lowest BCUT2D eigenvalue weighted by Gasteiger charge is -2.18. The Morgan fingerprint density at radius 1 is 1.04 bits per heavy atom. The number of carbonyl (C=O) groups is 1. The van der Waals surface area contributed by atoms with Crippen molar-refractivity contribution in [2.24, 2.45) is 0 Å². The molecule has 0 radical (unpaired) electrons. The SMILES string of the molecule is CCc1ccccc1OCC(=O)N(C)CCOc1ccccc1F. The van der Waals surface area contributed by atoms with Gasteiger partial charge in [-0.15, -0.1) is 0 Å². The summed E-state index contributed by atoms with van der Waals surface area (Å²) in [6.45, 7) is 2.57. The molecule has 24 heavy (non-hydrogen) atoms. The fourth-order valence-electron chi connectivity index (χ4n) is 2.17. The van der Waals surface area contributed by atoms with Crippen LogP contribution in [0.3, 0.4) is 0 Å². The number of halogens is 1. The Hall–Kier alpha value is -2.56. The van der Waals surface area contributed by atoms with Crippen LogP contribution in [0.5, 0.6) is 11.5 Å². The van der Waals surface area contributed by atoms with E-state index < -0.39 is 5.82 Å². The van der Waals surface area contributed by atoms with Gasteiger partial charge in [0.2, 0.25) is 0 Å². The van der Waals surface area contributed by atoms with E-state index in [4.69, 9.17) is 9.47 Å². The quantitative estimate of drug-likeness (QED) is 0.745. The first kappa shape index (κ1) is 17.8. The van der Waals surface area contributed by atoms with Gasteiger partial charge in [0.25, 0.3) is 5.91 Å². The number of aryl methyl sites for hydroxylation is 1. The largest absolute Gasteiger partial charge is 0.489 e. The summed E-state index contributed by atoms with van der Waals surface area (Å²) in [6, 6.07) is 13.9. The van der Waals surface area contributed by atoms with Gasteiger partial charge in [0.15, 0.2) is 18.2 Å². The highest BCUT2D eigenvalue weighted by atomic mass is 19.1. The minimum absolute atomic E-state index is 0.0345. The molecule has 0 aliphatic rings. The highest BCUT2D eigenvalue weighted by Gasteiger charge is 2.11. The van der Waals surface area contributed by atoms with Gasteiger partial charge in [-0.3, -0.25) is 4.79 Å². The second-order valence-electron chi connectivity index (χ2n) is 5.34. The van der Waals surface area contributed by atoms with Gasteiger partial charge in [-0.1, -0.05) is 37.3 Å². The van der Waals surface area contributed by atoms with Crippen LogP contribution in [0.15, 0.2) is 48.5 Å². The van der Waals surface area contributed by atoms with Gasteiger partial charge in [-0.05, 0) is 30.2 Å². The van der Waals surface area contributed by atoms with Crippen LogP contribution >= 0.6 is 0 Å². The maximum absolute atomic E-state index is 13.4. The van der Waals surface area contributed by atoms with Gasteiger partial charge in [0.1, 0.15) is 12.4 Å². The van der Waals surface area contributed by atoms with Gasteiger partial charge < -0.3 is 14.4 Å². The summed E-state index contributed by atoms with van der Waals surface area (Å²) in [7, 11) is 1.67. The van der Waals surface area contributed by atoms with Crippen molar-refractivity contribution in [3.63, 3.8) is 0 Å². The molecule has 4 nitrogen and oxygen atoms in total. The van der Waals surface area contributed by atoms with E-state index in [1.165, 1.54) is 11.0 Å². The van der Waals surface area contributed by atoms with Crippen LogP contribution in [0.25, 0.3) is 0 Å². The number of likely N-dealkylation sites (N-methyl/N-ethyl adjacent to an activating group) is 1. The third-order valence-corrected chi connectivity index (χ3v) is 3.65. The molecule has 0 saturated heterocycles. The number of ether oxygens (including phenoxy) is 2. The molecule has 0 unspecified atom stereocenters. The molecular formula is C19H22FNO3. The summed E-state index contributed by atoms with van der Waals surface area (Å²) in [5.41, 5.74) is 1.07. The van der Waals surface area contributed by atoms with E-state index in [2.05, 4.69) is 0 Å². The molecule has 2 aromatic rings. The van der Waals surface area contributed by atoms with E-state index in [1.807, 2.05) is 31.2 Å². The predicted molar refractivity (Wildman–Crippen MR) is 90.8 cm³/mol. The first-order valence-electron chi connectivity index (χ1n) is 7.93. The van der Waals surface area contributed by atoms with Crippen LogP contribution in [0.1, 0.15) is 12.5 Å². The number of rotatable bonds is 8. The molecule has 0 atom stereocenters. The summed E-state index contributed by atoms with van der Waals surface area (Å²) in [6.07, 6.45) is 0.844. The lowest BCUT2D eigenvalue weighted by atomic mass is 10.1. The Morgan fingerprint density at radius 3 is 2.42 bits per heavy atom. The van der Waals surface area contributed by atoms with Gasteiger partial charge in [-0.25, -0.2) is 4.39 Å². The molecule has 0 aromatic heterocycles. The van der Waals surface area contributed by atoms with Crippen LogP contribution in [-0.2, 0) is 11.2 Å². The number of hydrogen-bond donors (Lipinski definition) is 0. The van der Waals surface area contributed by atoms with Gasteiger partial charge in [0, 0.05) is 7.05 Å². The zero-order valence-corrected chi connectivity index (χ0v) is 14.0. The molecule has 1 amide bonds. The highest BCUT2D eigenvalue weighted by molar-refractivity contribution is 5.77. The minimum atomic E-state index is -0.411. The first-order valence-corrected chi connectivity index (χ1v) is 7.93. The zero-order valence-electron chi connectivity index (χ0n) is 14.0.